The number of carbonyl (C=O) groups is 1. The predicted octanol–water partition coefficient (Wildman–Crippen LogP) is 3.02. The van der Waals surface area contributed by atoms with Crippen molar-refractivity contribution in [3.8, 4) is 0 Å². The highest BCUT2D eigenvalue weighted by Crippen LogP contribution is 2.11. The van der Waals surface area contributed by atoms with E-state index in [1.165, 1.54) is 13.0 Å². The van der Waals surface area contributed by atoms with Gasteiger partial charge < -0.3 is 4.90 Å². The molecule has 0 spiro atoms. The van der Waals surface area contributed by atoms with Crippen molar-refractivity contribution in [2.24, 2.45) is 0 Å². The van der Waals surface area contributed by atoms with Crippen LogP contribution in [0.25, 0.3) is 0 Å². The van der Waals surface area contributed by atoms with E-state index in [2.05, 4.69) is 0 Å². The summed E-state index contributed by atoms with van der Waals surface area (Å²) in [6.45, 7) is 5.55. The Labute approximate surface area is 95.4 Å². The Morgan fingerprint density at radius 1 is 1.50 bits per heavy atom. The first-order valence-electron chi connectivity index (χ1n) is 5.19. The molecule has 0 fully saturated rings. The first kappa shape index (κ1) is 12.4. The normalized spacial score (nSPS) is 10.8. The number of hydrogen-bond acceptors (Lipinski definition) is 1. The molecule has 0 heterocycles. The van der Waals surface area contributed by atoms with Gasteiger partial charge in [0, 0.05) is 13.1 Å². The van der Waals surface area contributed by atoms with Crippen LogP contribution in [0.1, 0.15) is 25.0 Å². The van der Waals surface area contributed by atoms with Crippen molar-refractivity contribution in [3.63, 3.8) is 0 Å². The summed E-state index contributed by atoms with van der Waals surface area (Å²) in [5.41, 5.74) is 1.52. The van der Waals surface area contributed by atoms with Crippen molar-refractivity contribution >= 4 is 5.91 Å². The van der Waals surface area contributed by atoms with Crippen LogP contribution in [0, 0.1) is 12.7 Å². The van der Waals surface area contributed by atoms with Gasteiger partial charge in [-0.3, -0.25) is 4.79 Å². The number of nitrogens with zero attached hydrogens (tertiary/aromatic N) is 1. The van der Waals surface area contributed by atoms with Crippen LogP contribution >= 0.6 is 0 Å². The molecular formula is C13H16FNO. The van der Waals surface area contributed by atoms with E-state index in [9.17, 15) is 9.18 Å². The standard InChI is InChI=1S/C13H16FNO/c1-4-7-15(11(3)16)9-12-5-6-13(14)10(2)8-12/h4-8H,9H2,1-3H3/b7-4-. The van der Waals surface area contributed by atoms with Gasteiger partial charge in [0.1, 0.15) is 5.82 Å². The van der Waals surface area contributed by atoms with E-state index in [-0.39, 0.29) is 11.7 Å². The molecule has 0 atom stereocenters. The van der Waals surface area contributed by atoms with E-state index in [1.54, 1.807) is 36.2 Å². The first-order chi connectivity index (χ1) is 7.54. The minimum Gasteiger partial charge on any atom is -0.315 e. The van der Waals surface area contributed by atoms with E-state index >= 15 is 0 Å². The molecule has 1 aromatic rings. The lowest BCUT2D eigenvalue weighted by Crippen LogP contribution is -2.22. The van der Waals surface area contributed by atoms with Crippen molar-refractivity contribution in [1.82, 2.24) is 4.90 Å². The third-order valence-corrected chi connectivity index (χ3v) is 2.31. The van der Waals surface area contributed by atoms with Crippen LogP contribution in [0.5, 0.6) is 0 Å². The van der Waals surface area contributed by atoms with Crippen LogP contribution in [0.3, 0.4) is 0 Å². The molecule has 0 bridgehead atoms. The number of allylic oxidation sites excluding steroid dienone is 1. The van der Waals surface area contributed by atoms with Gasteiger partial charge in [-0.2, -0.15) is 0 Å². The summed E-state index contributed by atoms with van der Waals surface area (Å²) in [7, 11) is 0. The third-order valence-electron chi connectivity index (χ3n) is 2.31. The Bertz CT molecular complexity index is 412. The summed E-state index contributed by atoms with van der Waals surface area (Å²) in [4.78, 5) is 12.9. The molecule has 0 unspecified atom stereocenters. The van der Waals surface area contributed by atoms with Crippen molar-refractivity contribution in [2.75, 3.05) is 0 Å². The van der Waals surface area contributed by atoms with Crippen molar-refractivity contribution < 1.29 is 9.18 Å². The zero-order chi connectivity index (χ0) is 12.1. The Morgan fingerprint density at radius 3 is 2.69 bits per heavy atom. The van der Waals surface area contributed by atoms with Gasteiger partial charge in [-0.1, -0.05) is 18.2 Å². The van der Waals surface area contributed by atoms with Crippen LogP contribution in [0.15, 0.2) is 30.5 Å². The number of rotatable bonds is 3. The molecule has 1 aromatic carbocycles. The highest BCUT2D eigenvalue weighted by Gasteiger charge is 2.06. The van der Waals surface area contributed by atoms with Gasteiger partial charge in [-0.05, 0) is 31.0 Å². The highest BCUT2D eigenvalue weighted by molar-refractivity contribution is 5.74. The molecule has 2 nitrogen and oxygen atoms in total. The number of carbonyl (C=O) groups excluding carboxylic acids is 1. The molecule has 0 saturated heterocycles. The number of amides is 1. The van der Waals surface area contributed by atoms with E-state index in [1.807, 2.05) is 6.92 Å². The molecule has 1 rings (SSSR count). The fourth-order valence-corrected chi connectivity index (χ4v) is 1.45. The number of halogens is 1. The average Bonchev–Trinajstić information content (AvgIpc) is 2.22. The van der Waals surface area contributed by atoms with Crippen molar-refractivity contribution in [1.29, 1.82) is 0 Å². The molecule has 0 saturated carbocycles. The van der Waals surface area contributed by atoms with Crippen LogP contribution in [-0.2, 0) is 11.3 Å². The number of hydrogen-bond donors (Lipinski definition) is 0. The van der Waals surface area contributed by atoms with Crippen LogP contribution in [0.2, 0.25) is 0 Å². The lowest BCUT2D eigenvalue weighted by Gasteiger charge is -2.16. The highest BCUT2D eigenvalue weighted by atomic mass is 19.1. The molecular weight excluding hydrogens is 205 g/mol. The predicted molar refractivity (Wildman–Crippen MR) is 62.2 cm³/mol. The Hall–Kier alpha value is -1.64. The maximum Gasteiger partial charge on any atom is 0.223 e. The zero-order valence-electron chi connectivity index (χ0n) is 9.83. The van der Waals surface area contributed by atoms with Crippen LogP contribution in [0.4, 0.5) is 4.39 Å². The third kappa shape index (κ3) is 3.19. The lowest BCUT2D eigenvalue weighted by molar-refractivity contribution is -0.126. The smallest absolute Gasteiger partial charge is 0.223 e. The monoisotopic (exact) mass is 221 g/mol. The minimum atomic E-state index is -0.218. The first-order valence-corrected chi connectivity index (χ1v) is 5.19. The van der Waals surface area contributed by atoms with E-state index in [4.69, 9.17) is 0 Å². The molecule has 0 N–H and O–H groups in total. The largest absolute Gasteiger partial charge is 0.315 e. The molecule has 16 heavy (non-hydrogen) atoms. The van der Waals surface area contributed by atoms with E-state index in [0.717, 1.165) is 5.56 Å². The summed E-state index contributed by atoms with van der Waals surface area (Å²) in [6.07, 6.45) is 3.53. The van der Waals surface area contributed by atoms with Gasteiger partial charge in [-0.15, -0.1) is 0 Å². The Kier molecular flexibility index (Phi) is 4.23. The SMILES string of the molecule is C/C=C\N(Cc1ccc(F)c(C)c1)C(C)=O. The second-order valence-electron chi connectivity index (χ2n) is 3.71. The molecule has 1 amide bonds. The average molecular weight is 221 g/mol. The van der Waals surface area contributed by atoms with Gasteiger partial charge in [0.2, 0.25) is 5.91 Å². The molecule has 86 valence electrons. The van der Waals surface area contributed by atoms with Gasteiger partial charge >= 0.3 is 0 Å². The Morgan fingerprint density at radius 2 is 2.19 bits per heavy atom. The van der Waals surface area contributed by atoms with Crippen LogP contribution in [-0.4, -0.2) is 10.8 Å². The van der Waals surface area contributed by atoms with Gasteiger partial charge in [0.15, 0.2) is 0 Å². The van der Waals surface area contributed by atoms with Crippen LogP contribution < -0.4 is 0 Å². The number of aryl methyl sites for hydroxylation is 1. The summed E-state index contributed by atoms with van der Waals surface area (Å²) >= 11 is 0. The van der Waals surface area contributed by atoms with E-state index in [0.29, 0.717) is 12.1 Å². The van der Waals surface area contributed by atoms with Crippen molar-refractivity contribution in [3.05, 3.63) is 47.4 Å². The summed E-state index contributed by atoms with van der Waals surface area (Å²) in [5, 5.41) is 0. The maximum absolute atomic E-state index is 13.0. The molecule has 0 aliphatic rings. The maximum atomic E-state index is 13.0. The molecule has 3 heteroatoms. The second-order valence-corrected chi connectivity index (χ2v) is 3.71. The molecule has 0 aliphatic heterocycles. The molecule has 0 radical (unpaired) electrons. The Balaban J connectivity index is 2.85. The molecule has 0 aliphatic carbocycles. The summed E-state index contributed by atoms with van der Waals surface area (Å²) < 4.78 is 13.0. The topological polar surface area (TPSA) is 20.3 Å². The minimum absolute atomic E-state index is 0.0277. The zero-order valence-corrected chi connectivity index (χ0v) is 9.83. The quantitative estimate of drug-likeness (QED) is 0.768. The van der Waals surface area contributed by atoms with Gasteiger partial charge in [0.05, 0.1) is 6.54 Å². The summed E-state index contributed by atoms with van der Waals surface area (Å²) in [5.74, 6) is -0.246. The van der Waals surface area contributed by atoms with Gasteiger partial charge in [-0.25, -0.2) is 4.39 Å². The fourth-order valence-electron chi connectivity index (χ4n) is 1.45. The summed E-state index contributed by atoms with van der Waals surface area (Å²) in [6, 6.07) is 4.88. The molecule has 0 aromatic heterocycles. The second kappa shape index (κ2) is 5.45. The number of benzene rings is 1. The van der Waals surface area contributed by atoms with Crippen molar-refractivity contribution in [2.45, 2.75) is 27.3 Å². The lowest BCUT2D eigenvalue weighted by atomic mass is 10.1. The van der Waals surface area contributed by atoms with Gasteiger partial charge in [0.25, 0.3) is 0 Å². The van der Waals surface area contributed by atoms with E-state index < -0.39 is 0 Å². The fraction of sp³-hybridized carbons (Fsp3) is 0.308.